The van der Waals surface area contributed by atoms with Crippen molar-refractivity contribution < 1.29 is 19.4 Å². The van der Waals surface area contributed by atoms with Crippen LogP contribution >= 0.6 is 11.6 Å². The first-order valence-electron chi connectivity index (χ1n) is 12.5. The van der Waals surface area contributed by atoms with E-state index in [2.05, 4.69) is 18.7 Å². The molecule has 1 amide bonds. The number of nitrogens with zero attached hydrogens (tertiary/aromatic N) is 2. The van der Waals surface area contributed by atoms with Gasteiger partial charge in [0.2, 0.25) is 0 Å². The summed E-state index contributed by atoms with van der Waals surface area (Å²) in [6, 6.07) is 19.2. The third kappa shape index (κ3) is 5.07. The van der Waals surface area contributed by atoms with Crippen LogP contribution in [-0.4, -0.2) is 36.5 Å². The minimum atomic E-state index is -0.828. The minimum Gasteiger partial charge on any atom is -0.507 e. The van der Waals surface area contributed by atoms with E-state index < -0.39 is 17.7 Å². The normalized spacial score (nSPS) is 16.8. The third-order valence-corrected chi connectivity index (χ3v) is 6.89. The van der Waals surface area contributed by atoms with Crippen LogP contribution in [0.5, 0.6) is 5.75 Å². The molecule has 0 spiro atoms. The number of aliphatic hydroxyl groups is 1. The quantitative estimate of drug-likeness (QED) is 0.209. The largest absolute Gasteiger partial charge is 0.507 e. The number of halogens is 1. The maximum absolute atomic E-state index is 13.5. The van der Waals surface area contributed by atoms with Crippen molar-refractivity contribution in [3.8, 4) is 5.75 Å². The Kier molecular flexibility index (Phi) is 7.89. The lowest BCUT2D eigenvalue weighted by Gasteiger charge is -2.27. The van der Waals surface area contributed by atoms with Gasteiger partial charge in [-0.1, -0.05) is 41.4 Å². The van der Waals surface area contributed by atoms with Crippen molar-refractivity contribution in [2.45, 2.75) is 33.7 Å². The number of hydrogen-bond acceptors (Lipinski definition) is 5. The Bertz CT molecular complexity index is 1350. The van der Waals surface area contributed by atoms with Gasteiger partial charge >= 0.3 is 0 Å². The van der Waals surface area contributed by atoms with Gasteiger partial charge in [-0.05, 0) is 75.7 Å². The fourth-order valence-corrected chi connectivity index (χ4v) is 4.96. The Morgan fingerprint density at radius 2 is 1.70 bits per heavy atom. The Balaban J connectivity index is 1.90. The Morgan fingerprint density at radius 3 is 2.32 bits per heavy atom. The van der Waals surface area contributed by atoms with Gasteiger partial charge in [-0.3, -0.25) is 14.5 Å². The van der Waals surface area contributed by atoms with E-state index >= 15 is 0 Å². The highest BCUT2D eigenvalue weighted by Crippen LogP contribution is 2.43. The molecule has 3 aromatic rings. The maximum atomic E-state index is 13.5. The Hall–Kier alpha value is -3.77. The molecule has 4 rings (SSSR count). The summed E-state index contributed by atoms with van der Waals surface area (Å²) in [5, 5.41) is 11.7. The van der Waals surface area contributed by atoms with Crippen LogP contribution in [-0.2, 0) is 9.59 Å². The standard InChI is InChI=1S/C30H31ClN2O4/c1-5-32(6-2)21-11-13-22(14-12-21)33-27(20-10-8-9-19(4)17-20)26(29(35)30(33)36)28(34)24-18-23(37-7-3)15-16-25(24)31/h8-18,27,34H,5-7H2,1-4H3/b28-26+. The van der Waals surface area contributed by atoms with Crippen LogP contribution in [0, 0.1) is 6.92 Å². The molecule has 1 N–H and O–H groups in total. The lowest BCUT2D eigenvalue weighted by atomic mass is 9.94. The monoisotopic (exact) mass is 518 g/mol. The fourth-order valence-electron chi connectivity index (χ4n) is 4.75. The Labute approximate surface area is 222 Å². The average Bonchev–Trinajstić information content (AvgIpc) is 3.16. The number of ketones is 1. The topological polar surface area (TPSA) is 70.1 Å². The molecule has 1 aliphatic rings. The van der Waals surface area contributed by atoms with Gasteiger partial charge in [-0.15, -0.1) is 0 Å². The summed E-state index contributed by atoms with van der Waals surface area (Å²) in [5.41, 5.74) is 3.50. The molecule has 192 valence electrons. The molecule has 0 radical (unpaired) electrons. The second-order valence-electron chi connectivity index (χ2n) is 8.85. The molecule has 1 atom stereocenters. The second-order valence-corrected chi connectivity index (χ2v) is 9.25. The van der Waals surface area contributed by atoms with Gasteiger partial charge < -0.3 is 14.7 Å². The number of hydrogen-bond donors (Lipinski definition) is 1. The number of carbonyl (C=O) groups is 2. The fraction of sp³-hybridized carbons (Fsp3) is 0.267. The maximum Gasteiger partial charge on any atom is 0.300 e. The minimum absolute atomic E-state index is 0.0148. The molecule has 1 saturated heterocycles. The van der Waals surface area contributed by atoms with Crippen LogP contribution in [0.4, 0.5) is 11.4 Å². The number of aliphatic hydroxyl groups excluding tert-OH is 1. The van der Waals surface area contributed by atoms with E-state index in [1.54, 1.807) is 18.2 Å². The third-order valence-electron chi connectivity index (χ3n) is 6.56. The van der Waals surface area contributed by atoms with Gasteiger partial charge in [0.15, 0.2) is 0 Å². The molecule has 6 nitrogen and oxygen atoms in total. The van der Waals surface area contributed by atoms with Gasteiger partial charge in [0.25, 0.3) is 11.7 Å². The van der Waals surface area contributed by atoms with E-state index in [1.165, 1.54) is 4.90 Å². The van der Waals surface area contributed by atoms with E-state index in [9.17, 15) is 14.7 Å². The van der Waals surface area contributed by atoms with Gasteiger partial charge in [0, 0.05) is 30.0 Å². The molecule has 0 aromatic heterocycles. The average molecular weight is 519 g/mol. The number of Topliss-reactive ketones (excluding diaryl/α,β-unsaturated/α-hetero) is 1. The number of carbonyl (C=O) groups excluding carboxylic acids is 2. The molecule has 0 aliphatic carbocycles. The Morgan fingerprint density at radius 1 is 1.00 bits per heavy atom. The van der Waals surface area contributed by atoms with Crippen molar-refractivity contribution in [2.75, 3.05) is 29.5 Å². The van der Waals surface area contributed by atoms with Crippen molar-refractivity contribution in [3.05, 3.63) is 94.0 Å². The highest BCUT2D eigenvalue weighted by Gasteiger charge is 2.47. The molecule has 0 bridgehead atoms. The number of rotatable bonds is 8. The lowest BCUT2D eigenvalue weighted by Crippen LogP contribution is -2.29. The predicted molar refractivity (Wildman–Crippen MR) is 149 cm³/mol. The van der Waals surface area contributed by atoms with E-state index in [4.69, 9.17) is 16.3 Å². The molecule has 1 fully saturated rings. The first-order valence-corrected chi connectivity index (χ1v) is 12.8. The second kappa shape index (κ2) is 11.1. The van der Waals surface area contributed by atoms with Crippen LogP contribution in [0.1, 0.15) is 43.5 Å². The van der Waals surface area contributed by atoms with Gasteiger partial charge in [0.1, 0.15) is 11.5 Å². The van der Waals surface area contributed by atoms with E-state index in [-0.39, 0.29) is 21.9 Å². The van der Waals surface area contributed by atoms with Crippen LogP contribution < -0.4 is 14.5 Å². The SMILES string of the molecule is CCOc1ccc(Cl)c(/C(O)=C2\C(=O)C(=O)N(c3ccc(N(CC)CC)cc3)C2c2cccc(C)c2)c1. The van der Waals surface area contributed by atoms with E-state index in [0.717, 1.165) is 24.3 Å². The summed E-state index contributed by atoms with van der Waals surface area (Å²) in [6.45, 7) is 10.1. The lowest BCUT2D eigenvalue weighted by molar-refractivity contribution is -0.132. The zero-order chi connectivity index (χ0) is 26.7. The summed E-state index contributed by atoms with van der Waals surface area (Å²) in [7, 11) is 0. The molecule has 1 aliphatic heterocycles. The summed E-state index contributed by atoms with van der Waals surface area (Å²) < 4.78 is 5.57. The number of aryl methyl sites for hydroxylation is 1. The molecule has 0 saturated carbocycles. The van der Waals surface area contributed by atoms with Crippen LogP contribution in [0.25, 0.3) is 5.76 Å². The zero-order valence-electron chi connectivity index (χ0n) is 21.5. The summed E-state index contributed by atoms with van der Waals surface area (Å²) in [4.78, 5) is 30.6. The number of benzene rings is 3. The predicted octanol–water partition coefficient (Wildman–Crippen LogP) is 6.52. The molecule has 3 aromatic carbocycles. The van der Waals surface area contributed by atoms with Crippen LogP contribution in [0.2, 0.25) is 5.02 Å². The highest BCUT2D eigenvalue weighted by molar-refractivity contribution is 6.52. The van der Waals surface area contributed by atoms with Gasteiger partial charge in [0.05, 0.1) is 23.2 Å². The number of amides is 1. The van der Waals surface area contributed by atoms with Crippen LogP contribution in [0.3, 0.4) is 0 Å². The van der Waals surface area contributed by atoms with Gasteiger partial charge in [-0.25, -0.2) is 0 Å². The highest BCUT2D eigenvalue weighted by atomic mass is 35.5. The number of ether oxygens (including phenoxy) is 1. The van der Waals surface area contributed by atoms with Crippen molar-refractivity contribution >= 4 is 40.4 Å². The molecular formula is C30H31ClN2O4. The number of anilines is 2. The van der Waals surface area contributed by atoms with E-state index in [1.807, 2.05) is 62.4 Å². The first kappa shape index (κ1) is 26.3. The first-order chi connectivity index (χ1) is 17.8. The molecule has 1 unspecified atom stereocenters. The van der Waals surface area contributed by atoms with Crippen molar-refractivity contribution in [3.63, 3.8) is 0 Å². The van der Waals surface area contributed by atoms with E-state index in [0.29, 0.717) is 23.6 Å². The molecule has 7 heteroatoms. The molecular weight excluding hydrogens is 488 g/mol. The summed E-state index contributed by atoms with van der Waals surface area (Å²) in [6.07, 6.45) is 0. The van der Waals surface area contributed by atoms with Crippen LogP contribution in [0.15, 0.2) is 72.3 Å². The smallest absolute Gasteiger partial charge is 0.300 e. The zero-order valence-corrected chi connectivity index (χ0v) is 22.2. The van der Waals surface area contributed by atoms with Crippen molar-refractivity contribution in [2.24, 2.45) is 0 Å². The van der Waals surface area contributed by atoms with Gasteiger partial charge in [-0.2, -0.15) is 0 Å². The van der Waals surface area contributed by atoms with Crippen molar-refractivity contribution in [1.29, 1.82) is 0 Å². The molecule has 1 heterocycles. The summed E-state index contributed by atoms with van der Waals surface area (Å²) in [5.74, 6) is -1.31. The van der Waals surface area contributed by atoms with Crippen molar-refractivity contribution in [1.82, 2.24) is 0 Å². The summed E-state index contributed by atoms with van der Waals surface area (Å²) >= 11 is 6.44. The molecule has 37 heavy (non-hydrogen) atoms.